The summed E-state index contributed by atoms with van der Waals surface area (Å²) in [6, 6.07) is 0. The summed E-state index contributed by atoms with van der Waals surface area (Å²) in [5, 5.41) is 8.70. The van der Waals surface area contributed by atoms with Crippen LogP contribution in [0.15, 0.2) is 0 Å². The molecule has 4 heteroatoms. The smallest absolute Gasteiger partial charge is 0.345 e. The number of ether oxygens (including phenoxy) is 1. The second-order valence-electron chi connectivity index (χ2n) is 3.29. The first-order valence-corrected chi connectivity index (χ1v) is 4.98. The van der Waals surface area contributed by atoms with Crippen molar-refractivity contribution in [3.8, 4) is 0 Å². The quantitative estimate of drug-likeness (QED) is 0.506. The Morgan fingerprint density at radius 2 is 1.93 bits per heavy atom. The normalized spacial score (nSPS) is 12.1. The fourth-order valence-corrected chi connectivity index (χ4v) is 1.19. The summed E-state index contributed by atoms with van der Waals surface area (Å²) < 4.78 is 4.65. The SMILES string of the molecule is CCCCCCC(OC(C)=O)C(=O)O. The molecule has 0 fully saturated rings. The molecule has 1 unspecified atom stereocenters. The van der Waals surface area contributed by atoms with Crippen LogP contribution in [-0.4, -0.2) is 23.1 Å². The van der Waals surface area contributed by atoms with Crippen LogP contribution in [0.4, 0.5) is 0 Å². The number of esters is 1. The number of hydrogen-bond acceptors (Lipinski definition) is 3. The Kier molecular flexibility index (Phi) is 6.80. The van der Waals surface area contributed by atoms with Crippen LogP contribution in [-0.2, 0) is 14.3 Å². The van der Waals surface area contributed by atoms with E-state index >= 15 is 0 Å². The van der Waals surface area contributed by atoms with Gasteiger partial charge in [0, 0.05) is 6.92 Å². The molecule has 14 heavy (non-hydrogen) atoms. The van der Waals surface area contributed by atoms with Crippen LogP contribution in [0.2, 0.25) is 0 Å². The Morgan fingerprint density at radius 1 is 1.29 bits per heavy atom. The molecule has 0 rings (SSSR count). The third kappa shape index (κ3) is 6.46. The van der Waals surface area contributed by atoms with E-state index in [1.807, 2.05) is 0 Å². The van der Waals surface area contributed by atoms with Crippen molar-refractivity contribution in [2.75, 3.05) is 0 Å². The molecule has 0 aromatic heterocycles. The molecule has 0 bridgehead atoms. The largest absolute Gasteiger partial charge is 0.479 e. The summed E-state index contributed by atoms with van der Waals surface area (Å²) in [4.78, 5) is 21.2. The highest BCUT2D eigenvalue weighted by atomic mass is 16.6. The molecule has 0 amide bonds. The molecule has 0 radical (unpaired) electrons. The first-order valence-electron chi connectivity index (χ1n) is 4.98. The molecule has 0 aliphatic rings. The molecule has 0 heterocycles. The molecule has 0 spiro atoms. The number of carbonyl (C=O) groups excluding carboxylic acids is 1. The van der Waals surface area contributed by atoms with E-state index in [0.717, 1.165) is 25.7 Å². The number of rotatable bonds is 7. The standard InChI is InChI=1S/C10H18O4/c1-3-4-5-6-7-9(10(12)13)14-8(2)11/h9H,3-7H2,1-2H3,(H,12,13). The minimum absolute atomic E-state index is 0.412. The van der Waals surface area contributed by atoms with Gasteiger partial charge in [0.05, 0.1) is 0 Å². The summed E-state index contributed by atoms with van der Waals surface area (Å²) in [5.74, 6) is -1.59. The average molecular weight is 202 g/mol. The predicted octanol–water partition coefficient (Wildman–Crippen LogP) is 1.97. The molecule has 0 aliphatic carbocycles. The van der Waals surface area contributed by atoms with Crippen LogP contribution in [0.25, 0.3) is 0 Å². The third-order valence-corrected chi connectivity index (χ3v) is 1.90. The molecule has 1 atom stereocenters. The van der Waals surface area contributed by atoms with Crippen LogP contribution >= 0.6 is 0 Å². The lowest BCUT2D eigenvalue weighted by Crippen LogP contribution is -2.25. The maximum Gasteiger partial charge on any atom is 0.345 e. The minimum atomic E-state index is -1.06. The zero-order valence-corrected chi connectivity index (χ0v) is 8.78. The van der Waals surface area contributed by atoms with Gasteiger partial charge in [0.25, 0.3) is 0 Å². The van der Waals surface area contributed by atoms with Gasteiger partial charge in [0.2, 0.25) is 0 Å². The Labute approximate surface area is 84.3 Å². The Morgan fingerprint density at radius 3 is 2.36 bits per heavy atom. The van der Waals surface area contributed by atoms with Crippen LogP contribution in [0.3, 0.4) is 0 Å². The van der Waals surface area contributed by atoms with E-state index in [4.69, 9.17) is 5.11 Å². The third-order valence-electron chi connectivity index (χ3n) is 1.90. The van der Waals surface area contributed by atoms with Gasteiger partial charge in [-0.2, -0.15) is 0 Å². The van der Waals surface area contributed by atoms with Crippen LogP contribution in [0.5, 0.6) is 0 Å². The van der Waals surface area contributed by atoms with E-state index in [-0.39, 0.29) is 0 Å². The van der Waals surface area contributed by atoms with E-state index in [0.29, 0.717) is 6.42 Å². The number of carboxylic acid groups (broad SMARTS) is 1. The van der Waals surface area contributed by atoms with Crippen LogP contribution in [0.1, 0.15) is 46.0 Å². The molecule has 0 saturated heterocycles. The molecule has 1 N–H and O–H groups in total. The maximum absolute atomic E-state index is 10.6. The molecule has 0 aromatic rings. The van der Waals surface area contributed by atoms with Gasteiger partial charge in [-0.15, -0.1) is 0 Å². The zero-order valence-electron chi connectivity index (χ0n) is 8.78. The van der Waals surface area contributed by atoms with E-state index in [1.54, 1.807) is 0 Å². The number of carbonyl (C=O) groups is 2. The van der Waals surface area contributed by atoms with Gasteiger partial charge in [-0.1, -0.05) is 26.2 Å². The summed E-state index contributed by atoms with van der Waals surface area (Å²) >= 11 is 0. The molecule has 0 saturated carbocycles. The Balaban J connectivity index is 3.74. The van der Waals surface area contributed by atoms with Gasteiger partial charge >= 0.3 is 11.9 Å². The van der Waals surface area contributed by atoms with Crippen molar-refractivity contribution in [3.63, 3.8) is 0 Å². The molecule has 0 aromatic carbocycles. The highest BCUT2D eigenvalue weighted by Gasteiger charge is 2.19. The van der Waals surface area contributed by atoms with Crippen molar-refractivity contribution in [2.24, 2.45) is 0 Å². The van der Waals surface area contributed by atoms with Crippen LogP contribution in [0, 0.1) is 0 Å². The van der Waals surface area contributed by atoms with Crippen molar-refractivity contribution in [1.29, 1.82) is 0 Å². The van der Waals surface area contributed by atoms with Gasteiger partial charge in [0.1, 0.15) is 0 Å². The summed E-state index contributed by atoms with van der Waals surface area (Å²) in [6.07, 6.45) is 3.41. The van der Waals surface area contributed by atoms with E-state index in [2.05, 4.69) is 11.7 Å². The number of aliphatic carboxylic acids is 1. The van der Waals surface area contributed by atoms with Gasteiger partial charge < -0.3 is 9.84 Å². The van der Waals surface area contributed by atoms with Gasteiger partial charge in [-0.3, -0.25) is 4.79 Å². The van der Waals surface area contributed by atoms with Crippen molar-refractivity contribution >= 4 is 11.9 Å². The number of unbranched alkanes of at least 4 members (excludes halogenated alkanes) is 3. The second-order valence-corrected chi connectivity index (χ2v) is 3.29. The lowest BCUT2D eigenvalue weighted by Gasteiger charge is -2.11. The predicted molar refractivity (Wildman–Crippen MR) is 51.9 cm³/mol. The monoisotopic (exact) mass is 202 g/mol. The maximum atomic E-state index is 10.6. The summed E-state index contributed by atoms with van der Waals surface area (Å²) in [6.45, 7) is 3.31. The van der Waals surface area contributed by atoms with Crippen molar-refractivity contribution in [2.45, 2.75) is 52.1 Å². The van der Waals surface area contributed by atoms with Crippen molar-refractivity contribution in [1.82, 2.24) is 0 Å². The molecule has 4 nitrogen and oxygen atoms in total. The van der Waals surface area contributed by atoms with Crippen molar-refractivity contribution < 1.29 is 19.4 Å². The lowest BCUT2D eigenvalue weighted by atomic mass is 10.1. The Hall–Kier alpha value is -1.06. The topological polar surface area (TPSA) is 63.6 Å². The summed E-state index contributed by atoms with van der Waals surface area (Å²) in [5.41, 5.74) is 0. The molecule has 0 aliphatic heterocycles. The second kappa shape index (κ2) is 7.35. The molecular formula is C10H18O4. The van der Waals surface area contributed by atoms with Gasteiger partial charge in [-0.25, -0.2) is 4.79 Å². The van der Waals surface area contributed by atoms with Crippen molar-refractivity contribution in [3.05, 3.63) is 0 Å². The van der Waals surface area contributed by atoms with E-state index in [9.17, 15) is 9.59 Å². The zero-order chi connectivity index (χ0) is 11.0. The lowest BCUT2D eigenvalue weighted by molar-refractivity contribution is -0.163. The van der Waals surface area contributed by atoms with Gasteiger partial charge in [-0.05, 0) is 12.8 Å². The number of hydrogen-bond donors (Lipinski definition) is 1. The first-order chi connectivity index (χ1) is 6.57. The van der Waals surface area contributed by atoms with Crippen LogP contribution < -0.4 is 0 Å². The Bertz CT molecular complexity index is 189. The highest BCUT2D eigenvalue weighted by Crippen LogP contribution is 2.08. The average Bonchev–Trinajstić information content (AvgIpc) is 2.09. The minimum Gasteiger partial charge on any atom is -0.479 e. The summed E-state index contributed by atoms with van der Waals surface area (Å²) in [7, 11) is 0. The van der Waals surface area contributed by atoms with E-state index in [1.165, 1.54) is 6.92 Å². The number of carboxylic acids is 1. The molecular weight excluding hydrogens is 184 g/mol. The molecule has 82 valence electrons. The fourth-order valence-electron chi connectivity index (χ4n) is 1.19. The van der Waals surface area contributed by atoms with Gasteiger partial charge in [0.15, 0.2) is 6.10 Å². The fraction of sp³-hybridized carbons (Fsp3) is 0.800. The first kappa shape index (κ1) is 12.9. The highest BCUT2D eigenvalue weighted by molar-refractivity contribution is 5.76. The van der Waals surface area contributed by atoms with E-state index < -0.39 is 18.0 Å².